The zero-order chi connectivity index (χ0) is 18.0. The van der Waals surface area contributed by atoms with Gasteiger partial charge in [-0.25, -0.2) is 15.2 Å². The van der Waals surface area contributed by atoms with Gasteiger partial charge in [-0.3, -0.25) is 18.7 Å². The lowest BCUT2D eigenvalue weighted by Crippen LogP contribution is -2.37. The molecule has 2 aromatic heterocycles. The zero-order valence-corrected chi connectivity index (χ0v) is 14.5. The molecule has 2 heterocycles. The highest BCUT2D eigenvalue weighted by molar-refractivity contribution is 5.86. The lowest BCUT2D eigenvalue weighted by molar-refractivity contribution is -0.121. The largest absolute Gasteiger partial charge is 0.332 e. The summed E-state index contributed by atoms with van der Waals surface area (Å²) in [6.07, 6.45) is 7.00. The van der Waals surface area contributed by atoms with Crippen molar-refractivity contribution in [2.75, 3.05) is 0 Å². The van der Waals surface area contributed by atoms with E-state index in [0.29, 0.717) is 17.7 Å². The van der Waals surface area contributed by atoms with Crippen molar-refractivity contribution < 1.29 is 4.79 Å². The fourth-order valence-electron chi connectivity index (χ4n) is 3.06. The van der Waals surface area contributed by atoms with Crippen molar-refractivity contribution in [3.63, 3.8) is 0 Å². The average Bonchev–Trinajstić information content (AvgIpc) is 3.06. The highest BCUT2D eigenvalue weighted by Gasteiger charge is 2.15. The van der Waals surface area contributed by atoms with Gasteiger partial charge in [-0.05, 0) is 25.7 Å². The summed E-state index contributed by atoms with van der Waals surface area (Å²) in [4.78, 5) is 40.4. The van der Waals surface area contributed by atoms with Gasteiger partial charge in [0.05, 0.1) is 6.33 Å². The van der Waals surface area contributed by atoms with Crippen LogP contribution in [0.3, 0.4) is 0 Å². The fourth-order valence-corrected chi connectivity index (χ4v) is 3.06. The standard InChI is InChI=1S/C16H22N6O3/c1-20-14-13(15(24)21(2)16(20)25)22(10-17-14)9-8-12(23)19-18-11-6-4-3-5-7-11/h10H,3-9H2,1-2H3,(H,19,23). The van der Waals surface area contributed by atoms with E-state index in [1.54, 1.807) is 11.6 Å². The minimum atomic E-state index is -0.427. The molecule has 1 aliphatic rings. The van der Waals surface area contributed by atoms with Gasteiger partial charge in [0.1, 0.15) is 0 Å². The van der Waals surface area contributed by atoms with Gasteiger partial charge in [0, 0.05) is 32.8 Å². The van der Waals surface area contributed by atoms with Crippen LogP contribution in [0.2, 0.25) is 0 Å². The number of hydrogen-bond acceptors (Lipinski definition) is 5. The van der Waals surface area contributed by atoms with E-state index in [9.17, 15) is 14.4 Å². The van der Waals surface area contributed by atoms with Crippen molar-refractivity contribution in [3.05, 3.63) is 27.2 Å². The van der Waals surface area contributed by atoms with Crippen LogP contribution in [0.15, 0.2) is 21.0 Å². The fraction of sp³-hybridized carbons (Fsp3) is 0.562. The number of amides is 1. The first kappa shape index (κ1) is 17.1. The second-order valence-electron chi connectivity index (χ2n) is 6.34. The molecule has 25 heavy (non-hydrogen) atoms. The number of nitrogens with one attached hydrogen (secondary N) is 1. The Morgan fingerprint density at radius 1 is 1.20 bits per heavy atom. The molecule has 1 saturated carbocycles. The van der Waals surface area contributed by atoms with E-state index in [4.69, 9.17) is 0 Å². The topological polar surface area (TPSA) is 103 Å². The van der Waals surface area contributed by atoms with E-state index in [2.05, 4.69) is 15.5 Å². The molecule has 0 spiro atoms. The summed E-state index contributed by atoms with van der Waals surface area (Å²) in [5.41, 5.74) is 3.41. The molecule has 9 nitrogen and oxygen atoms in total. The number of carbonyl (C=O) groups excluding carboxylic acids is 1. The highest BCUT2D eigenvalue weighted by atomic mass is 16.2. The smallest absolute Gasteiger partial charge is 0.324 e. The van der Waals surface area contributed by atoms with Crippen LogP contribution in [0.5, 0.6) is 0 Å². The molecule has 0 saturated heterocycles. The van der Waals surface area contributed by atoms with Crippen LogP contribution >= 0.6 is 0 Å². The number of rotatable bonds is 4. The Balaban J connectivity index is 1.72. The minimum Gasteiger partial charge on any atom is -0.324 e. The van der Waals surface area contributed by atoms with Gasteiger partial charge in [0.15, 0.2) is 11.2 Å². The average molecular weight is 346 g/mol. The third-order valence-electron chi connectivity index (χ3n) is 4.57. The predicted octanol–water partition coefficient (Wildman–Crippen LogP) is 0.260. The molecule has 0 radical (unpaired) electrons. The Kier molecular flexibility index (Phi) is 4.82. The first-order valence-corrected chi connectivity index (χ1v) is 8.44. The lowest BCUT2D eigenvalue weighted by atomic mass is 9.99. The van der Waals surface area contributed by atoms with E-state index in [1.807, 2.05) is 0 Å². The van der Waals surface area contributed by atoms with Gasteiger partial charge < -0.3 is 4.57 Å². The minimum absolute atomic E-state index is 0.175. The maximum Gasteiger partial charge on any atom is 0.332 e. The number of fused-ring (bicyclic) bond motifs is 1. The van der Waals surface area contributed by atoms with Crippen molar-refractivity contribution in [2.45, 2.75) is 45.1 Å². The lowest BCUT2D eigenvalue weighted by Gasteiger charge is -2.12. The summed E-state index contributed by atoms with van der Waals surface area (Å²) in [5, 5.41) is 4.18. The Bertz CT molecular complexity index is 941. The molecule has 2 aromatic rings. The summed E-state index contributed by atoms with van der Waals surface area (Å²) in [7, 11) is 2.99. The van der Waals surface area contributed by atoms with Crippen molar-refractivity contribution in [2.24, 2.45) is 19.2 Å². The number of nitrogens with zero attached hydrogens (tertiary/aromatic N) is 5. The molecule has 3 rings (SSSR count). The van der Waals surface area contributed by atoms with Crippen LogP contribution in [0.25, 0.3) is 11.2 Å². The molecular weight excluding hydrogens is 324 g/mol. The molecule has 1 fully saturated rings. The van der Waals surface area contributed by atoms with Gasteiger partial charge in [0.25, 0.3) is 5.56 Å². The summed E-state index contributed by atoms with van der Waals surface area (Å²) in [6.45, 7) is 0.292. The molecule has 134 valence electrons. The molecule has 0 unspecified atom stereocenters. The summed E-state index contributed by atoms with van der Waals surface area (Å²) in [6, 6.07) is 0. The number of hydrogen-bond donors (Lipinski definition) is 1. The van der Waals surface area contributed by atoms with Crippen molar-refractivity contribution in [1.82, 2.24) is 24.1 Å². The van der Waals surface area contributed by atoms with E-state index in [1.165, 1.54) is 24.4 Å². The number of aryl methyl sites for hydroxylation is 2. The van der Waals surface area contributed by atoms with E-state index < -0.39 is 11.2 Å². The third-order valence-corrected chi connectivity index (χ3v) is 4.57. The summed E-state index contributed by atoms with van der Waals surface area (Å²) < 4.78 is 3.96. The van der Waals surface area contributed by atoms with Gasteiger partial charge in [-0.1, -0.05) is 6.42 Å². The monoisotopic (exact) mass is 346 g/mol. The number of hydrazone groups is 1. The van der Waals surface area contributed by atoms with Crippen LogP contribution in [-0.4, -0.2) is 30.3 Å². The second kappa shape index (κ2) is 7.04. The van der Waals surface area contributed by atoms with Crippen molar-refractivity contribution in [1.29, 1.82) is 0 Å². The van der Waals surface area contributed by atoms with Gasteiger partial charge in [-0.15, -0.1) is 0 Å². The molecule has 0 aromatic carbocycles. The molecule has 0 aliphatic heterocycles. The van der Waals surface area contributed by atoms with Crippen LogP contribution in [-0.2, 0) is 25.4 Å². The molecule has 1 N–H and O–H groups in total. The van der Waals surface area contributed by atoms with Crippen molar-refractivity contribution >= 4 is 22.8 Å². The van der Waals surface area contributed by atoms with Gasteiger partial charge in [0.2, 0.25) is 5.91 Å². The van der Waals surface area contributed by atoms with Crippen LogP contribution < -0.4 is 16.7 Å². The molecular formula is C16H22N6O3. The Hall–Kier alpha value is -2.71. The first-order chi connectivity index (χ1) is 12.0. The first-order valence-electron chi connectivity index (χ1n) is 8.44. The summed E-state index contributed by atoms with van der Waals surface area (Å²) in [5.74, 6) is -0.207. The molecule has 9 heteroatoms. The third kappa shape index (κ3) is 3.40. The number of carbonyl (C=O) groups is 1. The molecule has 1 aliphatic carbocycles. The summed E-state index contributed by atoms with van der Waals surface area (Å²) >= 11 is 0. The zero-order valence-electron chi connectivity index (χ0n) is 14.5. The Morgan fingerprint density at radius 2 is 1.92 bits per heavy atom. The Labute approximate surface area is 144 Å². The predicted molar refractivity (Wildman–Crippen MR) is 93.5 cm³/mol. The van der Waals surface area contributed by atoms with Gasteiger partial charge >= 0.3 is 5.69 Å². The number of imidazole rings is 1. The van der Waals surface area contributed by atoms with E-state index in [0.717, 1.165) is 36.0 Å². The van der Waals surface area contributed by atoms with Gasteiger partial charge in [-0.2, -0.15) is 5.10 Å². The maximum absolute atomic E-state index is 12.3. The molecule has 1 amide bonds. The number of aromatic nitrogens is 4. The maximum atomic E-state index is 12.3. The molecule has 0 bridgehead atoms. The normalized spacial score (nSPS) is 14.7. The Morgan fingerprint density at radius 3 is 2.64 bits per heavy atom. The SMILES string of the molecule is Cn1c(=O)c2c(ncn2CCC(=O)NN=C2CCCCC2)n(C)c1=O. The van der Waals surface area contributed by atoms with Crippen LogP contribution in [0.1, 0.15) is 38.5 Å². The van der Waals surface area contributed by atoms with E-state index in [-0.39, 0.29) is 12.3 Å². The quantitative estimate of drug-likeness (QED) is 0.802. The molecule has 0 atom stereocenters. The van der Waals surface area contributed by atoms with Crippen LogP contribution in [0, 0.1) is 0 Å². The second-order valence-corrected chi connectivity index (χ2v) is 6.34. The van der Waals surface area contributed by atoms with E-state index >= 15 is 0 Å². The highest BCUT2D eigenvalue weighted by Crippen LogP contribution is 2.14. The van der Waals surface area contributed by atoms with Crippen molar-refractivity contribution in [3.8, 4) is 0 Å². The van der Waals surface area contributed by atoms with Crippen LogP contribution in [0.4, 0.5) is 0 Å².